The fourth-order valence-electron chi connectivity index (χ4n) is 1.28. The molecular weight excluding hydrogens is 320 g/mol. The maximum Gasteiger partial charge on any atom is 0.422 e. The Morgan fingerprint density at radius 3 is 2.61 bits per heavy atom. The van der Waals surface area contributed by atoms with Crippen LogP contribution in [0.2, 0.25) is 0 Å². The van der Waals surface area contributed by atoms with Gasteiger partial charge in [0.2, 0.25) is 0 Å². The van der Waals surface area contributed by atoms with Crippen LogP contribution in [0.4, 0.5) is 17.6 Å². The van der Waals surface area contributed by atoms with E-state index >= 15 is 0 Å². The van der Waals surface area contributed by atoms with Gasteiger partial charge in [0, 0.05) is 5.39 Å². The summed E-state index contributed by atoms with van der Waals surface area (Å²) in [4.78, 5) is 7.48. The number of halogens is 5. The molecule has 8 heteroatoms. The van der Waals surface area contributed by atoms with Crippen LogP contribution in [0, 0.1) is 5.82 Å². The molecular formula is C10H5BrF4N2O. The van der Waals surface area contributed by atoms with E-state index in [-0.39, 0.29) is 16.7 Å². The molecule has 0 atom stereocenters. The van der Waals surface area contributed by atoms with Gasteiger partial charge in [-0.15, -0.1) is 0 Å². The minimum absolute atomic E-state index is 0.0385. The number of pyridine rings is 2. The number of alkyl halides is 3. The van der Waals surface area contributed by atoms with Gasteiger partial charge in [0.1, 0.15) is 15.9 Å². The van der Waals surface area contributed by atoms with Crippen LogP contribution in [0.5, 0.6) is 5.75 Å². The van der Waals surface area contributed by atoms with Crippen LogP contribution in [0.1, 0.15) is 0 Å². The molecule has 0 spiro atoms. The quantitative estimate of drug-likeness (QED) is 0.626. The van der Waals surface area contributed by atoms with E-state index in [1.54, 1.807) is 0 Å². The third-order valence-corrected chi connectivity index (χ3v) is 2.59. The zero-order valence-corrected chi connectivity index (χ0v) is 10.2. The van der Waals surface area contributed by atoms with Crippen molar-refractivity contribution >= 4 is 26.8 Å². The van der Waals surface area contributed by atoms with Crippen molar-refractivity contribution in [3.63, 3.8) is 0 Å². The van der Waals surface area contributed by atoms with Crippen molar-refractivity contribution in [1.82, 2.24) is 9.97 Å². The zero-order chi connectivity index (χ0) is 13.3. The number of ether oxygens (including phenoxy) is 1. The second-order valence-electron chi connectivity index (χ2n) is 3.37. The molecule has 2 heterocycles. The van der Waals surface area contributed by atoms with Crippen LogP contribution in [-0.4, -0.2) is 22.8 Å². The number of hydrogen-bond donors (Lipinski definition) is 0. The second-order valence-corrected chi connectivity index (χ2v) is 4.12. The smallest absolute Gasteiger partial charge is 0.422 e. The van der Waals surface area contributed by atoms with E-state index in [0.29, 0.717) is 4.60 Å². The van der Waals surface area contributed by atoms with Crippen LogP contribution in [0.3, 0.4) is 0 Å². The Balaban J connectivity index is 2.35. The summed E-state index contributed by atoms with van der Waals surface area (Å²) in [5, 5.41) is 0.0385. The SMILES string of the molecule is Fc1cnc(Br)c2ncc(OCC(F)(F)F)cc12. The average Bonchev–Trinajstić information content (AvgIpc) is 2.30. The number of aromatic nitrogens is 2. The van der Waals surface area contributed by atoms with Crippen LogP contribution in [0.15, 0.2) is 23.1 Å². The van der Waals surface area contributed by atoms with Crippen LogP contribution < -0.4 is 4.74 Å². The maximum atomic E-state index is 13.4. The standard InChI is InChI=1S/C10H5BrF4N2O/c11-9-8-6(7(12)3-17-9)1-5(2-16-8)18-4-10(13,14)15/h1-3H,4H2. The number of hydrogen-bond acceptors (Lipinski definition) is 3. The van der Waals surface area contributed by atoms with Gasteiger partial charge in [0.25, 0.3) is 0 Å². The minimum atomic E-state index is -4.45. The summed E-state index contributed by atoms with van der Waals surface area (Å²) in [6, 6.07) is 1.15. The molecule has 0 aliphatic rings. The topological polar surface area (TPSA) is 35.0 Å². The number of rotatable bonds is 2. The van der Waals surface area contributed by atoms with Crippen molar-refractivity contribution in [1.29, 1.82) is 0 Å². The third kappa shape index (κ3) is 2.87. The summed E-state index contributed by atoms with van der Waals surface area (Å²) in [6.07, 6.45) is -2.42. The minimum Gasteiger partial charge on any atom is -0.482 e. The molecule has 0 fully saturated rings. The molecule has 0 bridgehead atoms. The first kappa shape index (κ1) is 13.0. The van der Waals surface area contributed by atoms with Gasteiger partial charge in [-0.25, -0.2) is 14.4 Å². The first-order chi connectivity index (χ1) is 8.37. The van der Waals surface area contributed by atoms with Gasteiger partial charge < -0.3 is 4.74 Å². The largest absolute Gasteiger partial charge is 0.482 e. The predicted octanol–water partition coefficient (Wildman–Crippen LogP) is 3.47. The molecule has 0 unspecified atom stereocenters. The highest BCUT2D eigenvalue weighted by Crippen LogP contribution is 2.26. The maximum absolute atomic E-state index is 13.4. The lowest BCUT2D eigenvalue weighted by Crippen LogP contribution is -2.19. The lowest BCUT2D eigenvalue weighted by atomic mass is 10.2. The average molecular weight is 325 g/mol. The first-order valence-electron chi connectivity index (χ1n) is 4.66. The summed E-state index contributed by atoms with van der Waals surface area (Å²) in [5.74, 6) is -0.838. The van der Waals surface area contributed by atoms with E-state index in [4.69, 9.17) is 0 Å². The summed E-state index contributed by atoms with van der Waals surface area (Å²) in [6.45, 7) is -1.45. The van der Waals surface area contributed by atoms with Crippen LogP contribution in [-0.2, 0) is 0 Å². The monoisotopic (exact) mass is 324 g/mol. The predicted molar refractivity (Wildman–Crippen MR) is 58.7 cm³/mol. The Hall–Kier alpha value is -1.44. The highest BCUT2D eigenvalue weighted by molar-refractivity contribution is 9.10. The molecule has 0 saturated carbocycles. The van der Waals surface area contributed by atoms with Crippen molar-refractivity contribution in [3.8, 4) is 5.75 Å². The van der Waals surface area contributed by atoms with Crippen LogP contribution >= 0.6 is 15.9 Å². The van der Waals surface area contributed by atoms with Crippen molar-refractivity contribution in [2.75, 3.05) is 6.61 Å². The molecule has 96 valence electrons. The van der Waals surface area contributed by atoms with Crippen LogP contribution in [0.25, 0.3) is 10.9 Å². The van der Waals surface area contributed by atoms with E-state index < -0.39 is 18.6 Å². The van der Waals surface area contributed by atoms with Gasteiger partial charge >= 0.3 is 6.18 Å². The Morgan fingerprint density at radius 2 is 1.94 bits per heavy atom. The fourth-order valence-corrected chi connectivity index (χ4v) is 1.70. The third-order valence-electron chi connectivity index (χ3n) is 2.01. The summed E-state index contributed by atoms with van der Waals surface area (Å²) in [5.41, 5.74) is 0.217. The Kier molecular flexibility index (Phi) is 3.38. The second kappa shape index (κ2) is 4.68. The van der Waals surface area contributed by atoms with Crippen molar-refractivity contribution in [2.24, 2.45) is 0 Å². The Morgan fingerprint density at radius 1 is 1.22 bits per heavy atom. The van der Waals surface area contributed by atoms with E-state index in [0.717, 1.165) is 18.5 Å². The molecule has 2 aromatic heterocycles. The fraction of sp³-hybridized carbons (Fsp3) is 0.200. The molecule has 0 aromatic carbocycles. The van der Waals surface area contributed by atoms with E-state index in [1.165, 1.54) is 0 Å². The first-order valence-corrected chi connectivity index (χ1v) is 5.45. The highest BCUT2D eigenvalue weighted by Gasteiger charge is 2.28. The van der Waals surface area contributed by atoms with Gasteiger partial charge in [0.15, 0.2) is 12.4 Å². The molecule has 3 nitrogen and oxygen atoms in total. The summed E-state index contributed by atoms with van der Waals surface area (Å²) in [7, 11) is 0. The molecule has 0 N–H and O–H groups in total. The van der Waals surface area contributed by atoms with Gasteiger partial charge in [0.05, 0.1) is 12.4 Å². The van der Waals surface area contributed by atoms with E-state index in [9.17, 15) is 17.6 Å². The van der Waals surface area contributed by atoms with Gasteiger partial charge in [-0.1, -0.05) is 0 Å². The molecule has 0 aliphatic carbocycles. The lowest BCUT2D eigenvalue weighted by molar-refractivity contribution is -0.153. The normalized spacial score (nSPS) is 11.8. The number of fused-ring (bicyclic) bond motifs is 1. The Bertz CT molecular complexity index is 588. The summed E-state index contributed by atoms with van der Waals surface area (Å²) < 4.78 is 54.1. The van der Waals surface area contributed by atoms with Gasteiger partial charge in [-0.2, -0.15) is 13.2 Å². The van der Waals surface area contributed by atoms with Crippen molar-refractivity contribution in [3.05, 3.63) is 28.9 Å². The molecule has 18 heavy (non-hydrogen) atoms. The van der Waals surface area contributed by atoms with Gasteiger partial charge in [-0.05, 0) is 22.0 Å². The van der Waals surface area contributed by atoms with E-state index in [1.807, 2.05) is 0 Å². The van der Waals surface area contributed by atoms with Gasteiger partial charge in [-0.3, -0.25) is 0 Å². The highest BCUT2D eigenvalue weighted by atomic mass is 79.9. The molecule has 0 aliphatic heterocycles. The molecule has 0 radical (unpaired) electrons. The molecule has 0 saturated heterocycles. The lowest BCUT2D eigenvalue weighted by Gasteiger charge is -2.09. The zero-order valence-electron chi connectivity index (χ0n) is 8.63. The summed E-state index contributed by atoms with van der Waals surface area (Å²) >= 11 is 3.07. The molecule has 0 amide bonds. The van der Waals surface area contributed by atoms with Crippen molar-refractivity contribution in [2.45, 2.75) is 6.18 Å². The van der Waals surface area contributed by atoms with E-state index in [2.05, 4.69) is 30.6 Å². The molecule has 2 rings (SSSR count). The van der Waals surface area contributed by atoms with Crippen molar-refractivity contribution < 1.29 is 22.3 Å². The molecule has 2 aromatic rings. The number of nitrogens with zero attached hydrogens (tertiary/aromatic N) is 2. The Labute approximate surface area is 107 Å².